The van der Waals surface area contributed by atoms with Crippen molar-refractivity contribution >= 4 is 29.1 Å². The van der Waals surface area contributed by atoms with Crippen molar-refractivity contribution in [2.75, 3.05) is 11.4 Å². The van der Waals surface area contributed by atoms with Crippen LogP contribution in [0.4, 0.5) is 17.1 Å². The van der Waals surface area contributed by atoms with Gasteiger partial charge in [-0.25, -0.2) is 4.79 Å². The molecule has 27 heavy (non-hydrogen) atoms. The molecular weight excluding hydrogens is 346 g/mol. The van der Waals surface area contributed by atoms with Crippen LogP contribution in [0.3, 0.4) is 0 Å². The highest BCUT2D eigenvalue weighted by atomic mass is 16.6. The van der Waals surface area contributed by atoms with Crippen LogP contribution in [-0.4, -0.2) is 22.5 Å². The summed E-state index contributed by atoms with van der Waals surface area (Å²) >= 11 is 0. The van der Waals surface area contributed by atoms with E-state index in [2.05, 4.69) is 4.90 Å². The number of carboxylic acids is 1. The van der Waals surface area contributed by atoms with Crippen LogP contribution in [0.25, 0.3) is 6.08 Å². The summed E-state index contributed by atoms with van der Waals surface area (Å²) in [4.78, 5) is 23.3. The average Bonchev–Trinajstić information content (AvgIpc) is 3.08. The Bertz CT molecular complexity index is 1000. The number of aliphatic carboxylic acids is 1. The van der Waals surface area contributed by atoms with E-state index in [-0.39, 0.29) is 11.3 Å². The third kappa shape index (κ3) is 3.85. The highest BCUT2D eigenvalue weighted by molar-refractivity contribution is 5.91. The Balaban J connectivity index is 1.80. The molecule has 0 saturated heterocycles. The number of carboxylic acid groups (broad SMARTS) is 1. The number of nitro benzene ring substituents is 1. The van der Waals surface area contributed by atoms with Gasteiger partial charge in [0.1, 0.15) is 11.6 Å². The fraction of sp³-hybridized carbons (Fsp3) is 0.100. The normalized spacial score (nSPS) is 13.4. The Hall–Kier alpha value is -3.92. The first kappa shape index (κ1) is 17.9. The second kappa shape index (κ2) is 7.54. The second-order valence-electron chi connectivity index (χ2n) is 5.92. The van der Waals surface area contributed by atoms with E-state index in [9.17, 15) is 14.9 Å². The molecule has 2 aromatic rings. The van der Waals surface area contributed by atoms with Crippen LogP contribution < -0.4 is 4.90 Å². The molecule has 3 rings (SSSR count). The van der Waals surface area contributed by atoms with Gasteiger partial charge in [0.05, 0.1) is 4.92 Å². The number of benzene rings is 2. The summed E-state index contributed by atoms with van der Waals surface area (Å²) in [6.45, 7) is 0.776. The smallest absolute Gasteiger partial charge is 0.346 e. The standard InChI is InChI=1S/C20H15N3O4/c21-13-16(20(24)25)3-1-2-14-4-9-19-15(12-14)10-11-22(19)17-5-7-18(8-6-17)23(26)27/h1-9,12H,10-11H2,(H,24,25)/b2-1+,16-3+. The van der Waals surface area contributed by atoms with E-state index in [1.165, 1.54) is 24.3 Å². The second-order valence-corrected chi connectivity index (χ2v) is 5.92. The molecule has 0 unspecified atom stereocenters. The lowest BCUT2D eigenvalue weighted by atomic mass is 10.1. The molecule has 0 aromatic heterocycles. The Morgan fingerprint density at radius 1 is 1.26 bits per heavy atom. The van der Waals surface area contributed by atoms with Gasteiger partial charge in [0.15, 0.2) is 0 Å². The molecule has 1 aliphatic heterocycles. The van der Waals surface area contributed by atoms with E-state index < -0.39 is 10.9 Å². The van der Waals surface area contributed by atoms with Gasteiger partial charge in [0.25, 0.3) is 5.69 Å². The van der Waals surface area contributed by atoms with E-state index in [0.717, 1.165) is 35.5 Å². The van der Waals surface area contributed by atoms with E-state index in [1.807, 2.05) is 18.2 Å². The number of non-ortho nitro benzene ring substituents is 1. The molecule has 1 heterocycles. The minimum Gasteiger partial charge on any atom is -0.477 e. The summed E-state index contributed by atoms with van der Waals surface area (Å²) in [6.07, 6.45) is 5.38. The number of carbonyl (C=O) groups is 1. The van der Waals surface area contributed by atoms with Gasteiger partial charge < -0.3 is 10.0 Å². The van der Waals surface area contributed by atoms with Crippen LogP contribution in [0.15, 0.2) is 60.2 Å². The van der Waals surface area contributed by atoms with Crippen LogP contribution in [0.1, 0.15) is 11.1 Å². The zero-order valence-electron chi connectivity index (χ0n) is 14.2. The molecular formula is C20H15N3O4. The minimum absolute atomic E-state index is 0.0600. The lowest BCUT2D eigenvalue weighted by molar-refractivity contribution is -0.384. The molecule has 0 amide bonds. The van der Waals surface area contributed by atoms with Gasteiger partial charge >= 0.3 is 5.97 Å². The van der Waals surface area contributed by atoms with Gasteiger partial charge in [-0.05, 0) is 47.9 Å². The summed E-state index contributed by atoms with van der Waals surface area (Å²) in [6, 6.07) is 14.0. The molecule has 134 valence electrons. The Morgan fingerprint density at radius 3 is 2.63 bits per heavy atom. The van der Waals surface area contributed by atoms with Crippen molar-refractivity contribution in [3.05, 3.63) is 81.4 Å². The largest absolute Gasteiger partial charge is 0.477 e. The maximum atomic E-state index is 10.8. The third-order valence-electron chi connectivity index (χ3n) is 4.27. The highest BCUT2D eigenvalue weighted by Crippen LogP contribution is 2.35. The number of allylic oxidation sites excluding steroid dienone is 2. The Morgan fingerprint density at radius 2 is 2.00 bits per heavy atom. The highest BCUT2D eigenvalue weighted by Gasteiger charge is 2.21. The zero-order chi connectivity index (χ0) is 19.4. The summed E-state index contributed by atoms with van der Waals surface area (Å²) in [5, 5.41) is 28.3. The van der Waals surface area contributed by atoms with Crippen LogP contribution in [0.5, 0.6) is 0 Å². The van der Waals surface area contributed by atoms with Crippen molar-refractivity contribution in [1.82, 2.24) is 0 Å². The number of nitriles is 1. The number of hydrogen-bond donors (Lipinski definition) is 1. The van der Waals surface area contributed by atoms with Crippen molar-refractivity contribution in [3.8, 4) is 6.07 Å². The topological polar surface area (TPSA) is 107 Å². The maximum Gasteiger partial charge on any atom is 0.346 e. The van der Waals surface area contributed by atoms with Crippen LogP contribution >= 0.6 is 0 Å². The zero-order valence-corrected chi connectivity index (χ0v) is 14.2. The molecule has 7 heteroatoms. The van der Waals surface area contributed by atoms with Crippen molar-refractivity contribution in [3.63, 3.8) is 0 Å². The number of nitro groups is 1. The lowest BCUT2D eigenvalue weighted by Crippen LogP contribution is -2.12. The lowest BCUT2D eigenvalue weighted by Gasteiger charge is -2.19. The Kier molecular flexibility index (Phi) is 4.99. The van der Waals surface area contributed by atoms with Gasteiger partial charge in [-0.15, -0.1) is 0 Å². The predicted molar refractivity (Wildman–Crippen MR) is 101 cm³/mol. The first-order valence-electron chi connectivity index (χ1n) is 8.16. The van der Waals surface area contributed by atoms with E-state index in [1.54, 1.807) is 24.3 Å². The SMILES string of the molecule is N#C/C(=C\C=C\c1ccc2c(c1)CCN2c1ccc([N+](=O)[O-])cc1)C(=O)O. The van der Waals surface area contributed by atoms with Crippen molar-refractivity contribution in [2.24, 2.45) is 0 Å². The van der Waals surface area contributed by atoms with E-state index in [4.69, 9.17) is 10.4 Å². The summed E-state index contributed by atoms with van der Waals surface area (Å²) in [5.41, 5.74) is 3.71. The summed E-state index contributed by atoms with van der Waals surface area (Å²) in [5.74, 6) is -1.25. The van der Waals surface area contributed by atoms with Gasteiger partial charge in [-0.1, -0.05) is 18.2 Å². The summed E-state index contributed by atoms with van der Waals surface area (Å²) in [7, 11) is 0. The Labute approximate surface area is 155 Å². The van der Waals surface area contributed by atoms with Crippen LogP contribution in [-0.2, 0) is 11.2 Å². The monoisotopic (exact) mass is 361 g/mol. The van der Waals surface area contributed by atoms with Gasteiger partial charge in [-0.3, -0.25) is 10.1 Å². The van der Waals surface area contributed by atoms with Gasteiger partial charge in [-0.2, -0.15) is 5.26 Å². The maximum absolute atomic E-state index is 10.8. The molecule has 7 nitrogen and oxygen atoms in total. The predicted octanol–water partition coefficient (Wildman–Crippen LogP) is 3.84. The first-order valence-corrected chi connectivity index (χ1v) is 8.16. The number of rotatable bonds is 5. The van der Waals surface area contributed by atoms with Gasteiger partial charge in [0, 0.05) is 30.1 Å². The number of anilines is 2. The minimum atomic E-state index is -1.25. The number of fused-ring (bicyclic) bond motifs is 1. The van der Waals surface area contributed by atoms with Gasteiger partial charge in [0.2, 0.25) is 0 Å². The molecule has 0 atom stereocenters. The fourth-order valence-electron chi connectivity index (χ4n) is 2.96. The van der Waals surface area contributed by atoms with E-state index >= 15 is 0 Å². The number of hydrogen-bond acceptors (Lipinski definition) is 5. The van der Waals surface area contributed by atoms with Crippen molar-refractivity contribution < 1.29 is 14.8 Å². The number of nitrogens with zero attached hydrogens (tertiary/aromatic N) is 3. The molecule has 2 aromatic carbocycles. The molecule has 0 aliphatic carbocycles. The average molecular weight is 361 g/mol. The molecule has 0 radical (unpaired) electrons. The molecule has 1 aliphatic rings. The quantitative estimate of drug-likeness (QED) is 0.285. The molecule has 0 spiro atoms. The van der Waals surface area contributed by atoms with Crippen molar-refractivity contribution in [1.29, 1.82) is 5.26 Å². The summed E-state index contributed by atoms with van der Waals surface area (Å²) < 4.78 is 0. The molecule has 0 bridgehead atoms. The molecule has 1 N–H and O–H groups in total. The van der Waals surface area contributed by atoms with E-state index in [0.29, 0.717) is 0 Å². The van der Waals surface area contributed by atoms with Crippen LogP contribution in [0, 0.1) is 21.4 Å². The third-order valence-corrected chi connectivity index (χ3v) is 4.27. The van der Waals surface area contributed by atoms with Crippen molar-refractivity contribution in [2.45, 2.75) is 6.42 Å². The fourth-order valence-corrected chi connectivity index (χ4v) is 2.96. The molecule has 0 saturated carbocycles. The van der Waals surface area contributed by atoms with Crippen LogP contribution in [0.2, 0.25) is 0 Å². The molecule has 0 fully saturated rings. The first-order chi connectivity index (χ1) is 13.0.